The smallest absolute Gasteiger partial charge is 0.225 e. The lowest BCUT2D eigenvalue weighted by Gasteiger charge is -2.40. The SMILES string of the molecule is CC1(CC(=O)N2CC(c3ccnc(N)n3)C2)CCCO1. The van der Waals surface area contributed by atoms with Crippen LogP contribution in [0.4, 0.5) is 5.95 Å². The molecule has 6 heteroatoms. The summed E-state index contributed by atoms with van der Waals surface area (Å²) in [7, 11) is 0. The van der Waals surface area contributed by atoms with Crippen molar-refractivity contribution in [1.29, 1.82) is 0 Å². The summed E-state index contributed by atoms with van der Waals surface area (Å²) >= 11 is 0. The number of ether oxygens (including phenoxy) is 1. The number of anilines is 1. The average molecular weight is 276 g/mol. The summed E-state index contributed by atoms with van der Waals surface area (Å²) in [6.07, 6.45) is 4.16. The van der Waals surface area contributed by atoms with Crippen LogP contribution in [-0.2, 0) is 9.53 Å². The number of hydrogen-bond donors (Lipinski definition) is 1. The molecule has 108 valence electrons. The molecule has 2 saturated heterocycles. The molecule has 3 heterocycles. The van der Waals surface area contributed by atoms with Gasteiger partial charge in [-0.3, -0.25) is 4.79 Å². The molecule has 6 nitrogen and oxygen atoms in total. The second-order valence-corrected chi connectivity index (χ2v) is 5.91. The number of carbonyl (C=O) groups is 1. The first kappa shape index (κ1) is 13.3. The minimum absolute atomic E-state index is 0.174. The number of hydrogen-bond acceptors (Lipinski definition) is 5. The Morgan fingerprint density at radius 2 is 2.40 bits per heavy atom. The Hall–Kier alpha value is -1.69. The van der Waals surface area contributed by atoms with E-state index in [9.17, 15) is 4.79 Å². The fraction of sp³-hybridized carbons (Fsp3) is 0.643. The molecule has 2 N–H and O–H groups in total. The number of likely N-dealkylation sites (tertiary alicyclic amines) is 1. The Kier molecular flexibility index (Phi) is 3.33. The highest BCUT2D eigenvalue weighted by atomic mass is 16.5. The van der Waals surface area contributed by atoms with Crippen LogP contribution in [0.1, 0.15) is 37.8 Å². The van der Waals surface area contributed by atoms with Crippen molar-refractivity contribution < 1.29 is 9.53 Å². The van der Waals surface area contributed by atoms with E-state index in [2.05, 4.69) is 9.97 Å². The highest BCUT2D eigenvalue weighted by Crippen LogP contribution is 2.32. The maximum atomic E-state index is 12.2. The van der Waals surface area contributed by atoms with E-state index in [0.717, 1.165) is 25.1 Å². The number of aromatic nitrogens is 2. The zero-order valence-electron chi connectivity index (χ0n) is 11.7. The lowest BCUT2D eigenvalue weighted by atomic mass is 9.92. The summed E-state index contributed by atoms with van der Waals surface area (Å²) in [5.41, 5.74) is 6.24. The van der Waals surface area contributed by atoms with Gasteiger partial charge in [-0.25, -0.2) is 9.97 Å². The summed E-state index contributed by atoms with van der Waals surface area (Å²) in [6, 6.07) is 1.87. The van der Waals surface area contributed by atoms with Gasteiger partial charge in [0.15, 0.2) is 0 Å². The molecule has 2 aliphatic heterocycles. The molecule has 3 rings (SSSR count). The van der Waals surface area contributed by atoms with Gasteiger partial charge in [0.05, 0.1) is 17.7 Å². The highest BCUT2D eigenvalue weighted by molar-refractivity contribution is 5.78. The summed E-state index contributed by atoms with van der Waals surface area (Å²) in [4.78, 5) is 22.2. The maximum absolute atomic E-state index is 12.2. The van der Waals surface area contributed by atoms with Crippen molar-refractivity contribution in [3.63, 3.8) is 0 Å². The predicted molar refractivity (Wildman–Crippen MR) is 74.0 cm³/mol. The lowest BCUT2D eigenvalue weighted by Crippen LogP contribution is -2.50. The number of nitrogens with two attached hydrogens (primary N) is 1. The first-order valence-corrected chi connectivity index (χ1v) is 7.06. The summed E-state index contributed by atoms with van der Waals surface area (Å²) in [5, 5.41) is 0. The first-order chi connectivity index (χ1) is 9.56. The van der Waals surface area contributed by atoms with Crippen molar-refractivity contribution in [2.24, 2.45) is 0 Å². The summed E-state index contributed by atoms with van der Waals surface area (Å²) < 4.78 is 5.67. The molecule has 0 aliphatic carbocycles. The van der Waals surface area contributed by atoms with E-state index >= 15 is 0 Å². The van der Waals surface area contributed by atoms with Crippen LogP contribution in [0.3, 0.4) is 0 Å². The van der Waals surface area contributed by atoms with Gasteiger partial charge in [0.25, 0.3) is 0 Å². The van der Waals surface area contributed by atoms with Gasteiger partial charge in [-0.2, -0.15) is 0 Å². The Labute approximate surface area is 118 Å². The van der Waals surface area contributed by atoms with Crippen LogP contribution in [-0.4, -0.2) is 46.1 Å². The molecular weight excluding hydrogens is 256 g/mol. The molecule has 0 radical (unpaired) electrons. The van der Waals surface area contributed by atoms with E-state index in [-0.39, 0.29) is 17.4 Å². The van der Waals surface area contributed by atoms with E-state index in [1.807, 2.05) is 17.9 Å². The van der Waals surface area contributed by atoms with Crippen molar-refractivity contribution in [2.45, 2.75) is 37.7 Å². The van der Waals surface area contributed by atoms with Crippen LogP contribution in [0.15, 0.2) is 12.3 Å². The van der Waals surface area contributed by atoms with Gasteiger partial charge < -0.3 is 15.4 Å². The molecule has 2 fully saturated rings. The summed E-state index contributed by atoms with van der Waals surface area (Å²) in [6.45, 7) is 4.23. The van der Waals surface area contributed by atoms with Crippen LogP contribution in [0.25, 0.3) is 0 Å². The summed E-state index contributed by atoms with van der Waals surface area (Å²) in [5.74, 6) is 0.744. The van der Waals surface area contributed by atoms with Crippen LogP contribution in [0.5, 0.6) is 0 Å². The van der Waals surface area contributed by atoms with Crippen LogP contribution >= 0.6 is 0 Å². The van der Waals surface area contributed by atoms with Gasteiger partial charge in [0.2, 0.25) is 11.9 Å². The third-order valence-corrected chi connectivity index (χ3v) is 4.17. The van der Waals surface area contributed by atoms with E-state index in [0.29, 0.717) is 25.5 Å². The molecule has 0 spiro atoms. The van der Waals surface area contributed by atoms with Gasteiger partial charge in [-0.05, 0) is 25.8 Å². The zero-order valence-corrected chi connectivity index (χ0v) is 11.7. The van der Waals surface area contributed by atoms with Crippen LogP contribution < -0.4 is 5.73 Å². The molecule has 1 atom stereocenters. The molecule has 0 bridgehead atoms. The van der Waals surface area contributed by atoms with Gasteiger partial charge >= 0.3 is 0 Å². The first-order valence-electron chi connectivity index (χ1n) is 7.06. The van der Waals surface area contributed by atoms with E-state index in [1.54, 1.807) is 6.20 Å². The molecule has 20 heavy (non-hydrogen) atoms. The molecule has 1 aromatic heterocycles. The Bertz CT molecular complexity index is 508. The molecule has 1 unspecified atom stereocenters. The second-order valence-electron chi connectivity index (χ2n) is 5.91. The second kappa shape index (κ2) is 5.01. The fourth-order valence-electron chi connectivity index (χ4n) is 2.89. The molecular formula is C14H20N4O2. The Morgan fingerprint density at radius 3 is 3.05 bits per heavy atom. The fourth-order valence-corrected chi connectivity index (χ4v) is 2.89. The third kappa shape index (κ3) is 2.60. The Balaban J connectivity index is 1.53. The quantitative estimate of drug-likeness (QED) is 0.888. The van der Waals surface area contributed by atoms with Crippen LogP contribution in [0.2, 0.25) is 0 Å². The lowest BCUT2D eigenvalue weighted by molar-refractivity contribution is -0.141. The van der Waals surface area contributed by atoms with Gasteiger partial charge in [-0.15, -0.1) is 0 Å². The number of nitrogens with zero attached hydrogens (tertiary/aromatic N) is 3. The third-order valence-electron chi connectivity index (χ3n) is 4.17. The van der Waals surface area contributed by atoms with Crippen molar-refractivity contribution in [1.82, 2.24) is 14.9 Å². The minimum Gasteiger partial charge on any atom is -0.375 e. The largest absolute Gasteiger partial charge is 0.375 e. The van der Waals surface area contributed by atoms with Crippen molar-refractivity contribution >= 4 is 11.9 Å². The van der Waals surface area contributed by atoms with E-state index in [1.165, 1.54) is 0 Å². The van der Waals surface area contributed by atoms with E-state index in [4.69, 9.17) is 10.5 Å². The zero-order chi connectivity index (χ0) is 14.2. The minimum atomic E-state index is -0.262. The molecule has 0 saturated carbocycles. The van der Waals surface area contributed by atoms with Crippen LogP contribution in [0, 0.1) is 0 Å². The number of amides is 1. The van der Waals surface area contributed by atoms with Crippen molar-refractivity contribution in [2.75, 3.05) is 25.4 Å². The topological polar surface area (TPSA) is 81.3 Å². The normalized spacial score (nSPS) is 26.6. The maximum Gasteiger partial charge on any atom is 0.225 e. The molecule has 0 aromatic carbocycles. The van der Waals surface area contributed by atoms with Crippen molar-refractivity contribution in [3.8, 4) is 0 Å². The number of nitrogen functional groups attached to an aromatic ring is 1. The molecule has 1 aromatic rings. The molecule has 1 amide bonds. The van der Waals surface area contributed by atoms with Gasteiger partial charge in [0, 0.05) is 31.8 Å². The molecule has 2 aliphatic rings. The van der Waals surface area contributed by atoms with Crippen molar-refractivity contribution in [3.05, 3.63) is 18.0 Å². The predicted octanol–water partition coefficient (Wildman–Crippen LogP) is 0.944. The highest BCUT2D eigenvalue weighted by Gasteiger charge is 2.38. The monoisotopic (exact) mass is 276 g/mol. The number of carbonyl (C=O) groups excluding carboxylic acids is 1. The van der Waals surface area contributed by atoms with E-state index < -0.39 is 0 Å². The average Bonchev–Trinajstić information content (AvgIpc) is 2.73. The van der Waals surface area contributed by atoms with Gasteiger partial charge in [0.1, 0.15) is 0 Å². The standard InChI is InChI=1S/C14H20N4O2/c1-14(4-2-6-20-14)7-12(19)18-8-10(9-18)11-3-5-16-13(15)17-11/h3,5,10H,2,4,6-9H2,1H3,(H2,15,16,17). The van der Waals surface area contributed by atoms with Gasteiger partial charge in [-0.1, -0.05) is 0 Å². The number of rotatable bonds is 3. The Morgan fingerprint density at radius 1 is 1.60 bits per heavy atom.